The minimum absolute atomic E-state index is 0.0406. The third-order valence-corrected chi connectivity index (χ3v) is 6.73. The first-order valence-electron chi connectivity index (χ1n) is 11.1. The highest BCUT2D eigenvalue weighted by Crippen LogP contribution is 2.30. The van der Waals surface area contributed by atoms with E-state index in [1.807, 2.05) is 11.0 Å². The SMILES string of the molecule is CC(C)(Cc1ccc2c(c1)C(=O)N(C1CCC(=O)NC1=O)C2=O)N1CCN(CC(=O)O)CC1. The molecule has 0 aromatic heterocycles. The number of carboxylic acids is 1. The van der Waals surface area contributed by atoms with Gasteiger partial charge < -0.3 is 5.11 Å². The average molecular weight is 456 g/mol. The number of rotatable bonds is 6. The van der Waals surface area contributed by atoms with Gasteiger partial charge in [0.1, 0.15) is 6.04 Å². The van der Waals surface area contributed by atoms with Crippen molar-refractivity contribution in [1.82, 2.24) is 20.0 Å². The number of aliphatic carboxylic acids is 1. The van der Waals surface area contributed by atoms with Gasteiger partial charge in [-0.2, -0.15) is 0 Å². The van der Waals surface area contributed by atoms with Crippen LogP contribution in [0.2, 0.25) is 0 Å². The second-order valence-electron chi connectivity index (χ2n) is 9.47. The third-order valence-electron chi connectivity index (χ3n) is 6.73. The van der Waals surface area contributed by atoms with Gasteiger partial charge in [0, 0.05) is 38.1 Å². The van der Waals surface area contributed by atoms with Gasteiger partial charge in [-0.1, -0.05) is 6.07 Å². The molecule has 0 bridgehead atoms. The van der Waals surface area contributed by atoms with E-state index in [4.69, 9.17) is 5.11 Å². The molecule has 0 aliphatic carbocycles. The van der Waals surface area contributed by atoms with Crippen LogP contribution in [0.5, 0.6) is 0 Å². The number of amides is 4. The number of carbonyl (C=O) groups is 5. The number of imide groups is 2. The predicted molar refractivity (Wildman–Crippen MR) is 117 cm³/mol. The van der Waals surface area contributed by atoms with Crippen LogP contribution in [0, 0.1) is 0 Å². The molecule has 33 heavy (non-hydrogen) atoms. The molecule has 0 saturated carbocycles. The summed E-state index contributed by atoms with van der Waals surface area (Å²) < 4.78 is 0. The standard InChI is InChI=1S/C23H28N4O6/c1-23(2,26-9-7-25(8-10-26)13-19(29)30)12-14-3-4-15-16(11-14)22(33)27(21(15)32)17-5-6-18(28)24-20(17)31/h3-4,11,17H,5-10,12-13H2,1-2H3,(H,29,30)(H,24,28,31). The molecule has 10 heteroatoms. The van der Waals surface area contributed by atoms with Gasteiger partial charge in [-0.3, -0.25) is 44.0 Å². The smallest absolute Gasteiger partial charge is 0.317 e. The lowest BCUT2D eigenvalue weighted by Crippen LogP contribution is -2.56. The van der Waals surface area contributed by atoms with Gasteiger partial charge in [-0.05, 0) is 44.4 Å². The van der Waals surface area contributed by atoms with Gasteiger partial charge in [0.2, 0.25) is 11.8 Å². The third kappa shape index (κ3) is 4.53. The first-order valence-corrected chi connectivity index (χ1v) is 11.1. The van der Waals surface area contributed by atoms with Crippen molar-refractivity contribution >= 4 is 29.6 Å². The number of nitrogens with zero attached hydrogens (tertiary/aromatic N) is 3. The minimum atomic E-state index is -0.975. The highest BCUT2D eigenvalue weighted by molar-refractivity contribution is 6.23. The maximum atomic E-state index is 13.1. The summed E-state index contributed by atoms with van der Waals surface area (Å²) in [6.07, 6.45) is 0.853. The highest BCUT2D eigenvalue weighted by atomic mass is 16.4. The number of hydrogen-bond donors (Lipinski definition) is 2. The summed E-state index contributed by atoms with van der Waals surface area (Å²) in [7, 11) is 0. The van der Waals surface area contributed by atoms with E-state index < -0.39 is 35.6 Å². The van der Waals surface area contributed by atoms with Crippen LogP contribution in [0.15, 0.2) is 18.2 Å². The lowest BCUT2D eigenvalue weighted by molar-refractivity contribution is -0.139. The van der Waals surface area contributed by atoms with E-state index in [9.17, 15) is 24.0 Å². The summed E-state index contributed by atoms with van der Waals surface area (Å²) in [6.45, 7) is 7.09. The molecule has 4 rings (SSSR count). The molecule has 10 nitrogen and oxygen atoms in total. The number of benzene rings is 1. The molecule has 3 aliphatic rings. The van der Waals surface area contributed by atoms with E-state index in [-0.39, 0.29) is 36.1 Å². The van der Waals surface area contributed by atoms with E-state index in [1.54, 1.807) is 12.1 Å². The Morgan fingerprint density at radius 1 is 1.06 bits per heavy atom. The largest absolute Gasteiger partial charge is 0.480 e. The van der Waals surface area contributed by atoms with Crippen molar-refractivity contribution in [2.24, 2.45) is 0 Å². The molecule has 3 heterocycles. The molecule has 2 fully saturated rings. The van der Waals surface area contributed by atoms with Gasteiger partial charge in [-0.15, -0.1) is 0 Å². The van der Waals surface area contributed by atoms with Gasteiger partial charge in [0.25, 0.3) is 11.8 Å². The number of hydrogen-bond acceptors (Lipinski definition) is 7. The van der Waals surface area contributed by atoms with E-state index in [2.05, 4.69) is 24.1 Å². The van der Waals surface area contributed by atoms with Crippen molar-refractivity contribution in [1.29, 1.82) is 0 Å². The summed E-state index contributed by atoms with van der Waals surface area (Å²) in [4.78, 5) is 65.7. The van der Waals surface area contributed by atoms with Crippen molar-refractivity contribution < 1.29 is 29.1 Å². The molecular formula is C23H28N4O6. The fourth-order valence-electron chi connectivity index (χ4n) is 4.94. The monoisotopic (exact) mass is 456 g/mol. The normalized spacial score (nSPS) is 22.5. The van der Waals surface area contributed by atoms with Crippen LogP contribution in [0.1, 0.15) is 53.0 Å². The zero-order valence-electron chi connectivity index (χ0n) is 18.8. The average Bonchev–Trinajstić information content (AvgIpc) is 2.98. The number of carboxylic acid groups (broad SMARTS) is 1. The van der Waals surface area contributed by atoms with Crippen LogP contribution >= 0.6 is 0 Å². The summed E-state index contributed by atoms with van der Waals surface area (Å²) in [6, 6.07) is 4.22. The topological polar surface area (TPSA) is 127 Å². The summed E-state index contributed by atoms with van der Waals surface area (Å²) >= 11 is 0. The minimum Gasteiger partial charge on any atom is -0.480 e. The molecule has 2 saturated heterocycles. The molecule has 4 amide bonds. The second-order valence-corrected chi connectivity index (χ2v) is 9.47. The van der Waals surface area contributed by atoms with Gasteiger partial charge in [0.05, 0.1) is 17.7 Å². The fraction of sp³-hybridized carbons (Fsp3) is 0.522. The van der Waals surface area contributed by atoms with Crippen LogP contribution in [-0.4, -0.2) is 93.7 Å². The summed E-state index contributed by atoms with van der Waals surface area (Å²) in [5.74, 6) is -2.87. The Kier molecular flexibility index (Phi) is 6.06. The zero-order chi connectivity index (χ0) is 23.9. The molecule has 1 atom stereocenters. The molecule has 1 unspecified atom stereocenters. The quantitative estimate of drug-likeness (QED) is 0.578. The van der Waals surface area contributed by atoms with E-state index >= 15 is 0 Å². The first-order chi connectivity index (χ1) is 15.6. The molecule has 0 radical (unpaired) electrons. The van der Waals surface area contributed by atoms with Crippen LogP contribution in [0.3, 0.4) is 0 Å². The van der Waals surface area contributed by atoms with Crippen molar-refractivity contribution in [3.05, 3.63) is 34.9 Å². The Hall–Kier alpha value is -3.11. The number of piperidine rings is 1. The Morgan fingerprint density at radius 3 is 2.36 bits per heavy atom. The molecule has 1 aromatic carbocycles. The Labute approximate surface area is 191 Å². The maximum Gasteiger partial charge on any atom is 0.317 e. The Morgan fingerprint density at radius 2 is 1.73 bits per heavy atom. The Bertz CT molecular complexity index is 1030. The number of carbonyl (C=O) groups excluding carboxylic acids is 4. The molecule has 3 aliphatic heterocycles. The molecular weight excluding hydrogens is 428 g/mol. The van der Waals surface area contributed by atoms with Crippen LogP contribution < -0.4 is 5.32 Å². The number of nitrogens with one attached hydrogen (secondary N) is 1. The maximum absolute atomic E-state index is 13.1. The lowest BCUT2D eigenvalue weighted by Gasteiger charge is -2.44. The van der Waals surface area contributed by atoms with Crippen LogP contribution in [-0.2, 0) is 20.8 Å². The molecule has 0 spiro atoms. The second kappa shape index (κ2) is 8.68. The van der Waals surface area contributed by atoms with Crippen molar-refractivity contribution in [3.8, 4) is 0 Å². The predicted octanol–water partition coefficient (Wildman–Crippen LogP) is 0.111. The van der Waals surface area contributed by atoms with Crippen molar-refractivity contribution in [2.45, 2.75) is 44.7 Å². The van der Waals surface area contributed by atoms with Crippen molar-refractivity contribution in [3.63, 3.8) is 0 Å². The van der Waals surface area contributed by atoms with Gasteiger partial charge in [-0.25, -0.2) is 0 Å². The van der Waals surface area contributed by atoms with Gasteiger partial charge >= 0.3 is 5.97 Å². The fourth-order valence-corrected chi connectivity index (χ4v) is 4.94. The lowest BCUT2D eigenvalue weighted by atomic mass is 9.90. The van der Waals surface area contributed by atoms with Crippen LogP contribution in [0.4, 0.5) is 0 Å². The Balaban J connectivity index is 1.46. The van der Waals surface area contributed by atoms with Gasteiger partial charge in [0.15, 0.2) is 0 Å². The summed E-state index contributed by atoms with van der Waals surface area (Å²) in [5.41, 5.74) is 1.22. The zero-order valence-corrected chi connectivity index (χ0v) is 18.8. The van der Waals surface area contributed by atoms with Crippen molar-refractivity contribution in [2.75, 3.05) is 32.7 Å². The molecule has 1 aromatic rings. The molecule has 176 valence electrons. The highest BCUT2D eigenvalue weighted by Gasteiger charge is 2.44. The van der Waals surface area contributed by atoms with E-state index in [1.165, 1.54) is 0 Å². The number of piperazine rings is 1. The first kappa shape index (κ1) is 23.1. The molecule has 2 N–H and O–H groups in total. The van der Waals surface area contributed by atoms with E-state index in [0.717, 1.165) is 23.6 Å². The van der Waals surface area contributed by atoms with Crippen LogP contribution in [0.25, 0.3) is 0 Å². The number of fused-ring (bicyclic) bond motifs is 1. The summed E-state index contributed by atoms with van der Waals surface area (Å²) in [5, 5.41) is 11.2. The van der Waals surface area contributed by atoms with E-state index in [0.29, 0.717) is 19.5 Å².